The van der Waals surface area contributed by atoms with Crippen LogP contribution in [0.3, 0.4) is 0 Å². The third-order valence-corrected chi connectivity index (χ3v) is 5.63. The molecular weight excluding hydrogens is 452 g/mol. The van der Waals surface area contributed by atoms with Gasteiger partial charge in [-0.2, -0.15) is 0 Å². The van der Waals surface area contributed by atoms with E-state index in [0.29, 0.717) is 37.8 Å². The van der Waals surface area contributed by atoms with Gasteiger partial charge in [0.15, 0.2) is 16.7 Å². The van der Waals surface area contributed by atoms with Crippen molar-refractivity contribution in [3.05, 3.63) is 51.9 Å². The summed E-state index contributed by atoms with van der Waals surface area (Å²) in [6, 6.07) is 10.8. The Morgan fingerprint density at radius 3 is 2.44 bits per heavy atom. The van der Waals surface area contributed by atoms with Crippen LogP contribution < -0.4 is 14.2 Å². The Morgan fingerprint density at radius 2 is 1.84 bits per heavy atom. The summed E-state index contributed by atoms with van der Waals surface area (Å²) in [6.07, 6.45) is 1.69. The number of hydrogen-bond donors (Lipinski definition) is 0. The largest absolute Gasteiger partial charge is 0.497 e. The molecule has 1 saturated heterocycles. The number of methoxy groups -OCH3 is 3. The van der Waals surface area contributed by atoms with E-state index in [2.05, 4.69) is 4.99 Å². The first-order valence-electron chi connectivity index (χ1n) is 9.83. The standard InChI is InChI=1S/C23H25ClN2O5S/c1-14(2)31-21-18(24)10-15(11-19(21)30-5)12-20-22(27)26(13-28-3)23(32-20)25-16-6-8-17(29-4)9-7-16/h6-12,14H,13H2,1-5H3. The molecule has 1 aliphatic rings. The molecule has 2 aromatic rings. The third kappa shape index (κ3) is 5.56. The second-order valence-electron chi connectivity index (χ2n) is 7.05. The molecule has 0 saturated carbocycles. The lowest BCUT2D eigenvalue weighted by molar-refractivity contribution is -0.125. The molecule has 1 heterocycles. The average molecular weight is 477 g/mol. The van der Waals surface area contributed by atoms with E-state index >= 15 is 0 Å². The van der Waals surface area contributed by atoms with Crippen molar-refractivity contribution in [2.24, 2.45) is 4.99 Å². The van der Waals surface area contributed by atoms with Gasteiger partial charge >= 0.3 is 0 Å². The lowest BCUT2D eigenvalue weighted by atomic mass is 10.1. The molecule has 1 amide bonds. The summed E-state index contributed by atoms with van der Waals surface area (Å²) in [4.78, 5) is 19.6. The third-order valence-electron chi connectivity index (χ3n) is 4.35. The summed E-state index contributed by atoms with van der Waals surface area (Å²) >= 11 is 7.69. The predicted molar refractivity (Wildman–Crippen MR) is 128 cm³/mol. The zero-order valence-corrected chi connectivity index (χ0v) is 20.1. The predicted octanol–water partition coefficient (Wildman–Crippen LogP) is 5.35. The molecule has 3 rings (SSSR count). The smallest absolute Gasteiger partial charge is 0.268 e. The van der Waals surface area contributed by atoms with E-state index in [-0.39, 0.29) is 18.7 Å². The molecule has 0 unspecified atom stereocenters. The minimum atomic E-state index is -0.207. The van der Waals surface area contributed by atoms with Gasteiger partial charge in [0.2, 0.25) is 0 Å². The van der Waals surface area contributed by atoms with Crippen molar-refractivity contribution in [3.63, 3.8) is 0 Å². The summed E-state index contributed by atoms with van der Waals surface area (Å²) in [5.74, 6) is 1.49. The number of thioether (sulfide) groups is 1. The molecule has 0 spiro atoms. The molecule has 0 bridgehead atoms. The van der Waals surface area contributed by atoms with Gasteiger partial charge in [0.1, 0.15) is 12.5 Å². The maximum atomic E-state index is 13.0. The lowest BCUT2D eigenvalue weighted by Gasteiger charge is -2.15. The minimum Gasteiger partial charge on any atom is -0.497 e. The fourth-order valence-corrected chi connectivity index (χ4v) is 4.18. The van der Waals surface area contributed by atoms with E-state index in [1.54, 1.807) is 32.4 Å². The topological polar surface area (TPSA) is 69.6 Å². The molecule has 0 radical (unpaired) electrons. The summed E-state index contributed by atoms with van der Waals surface area (Å²) in [6.45, 7) is 3.91. The Kier molecular flexibility index (Phi) is 8.06. The van der Waals surface area contributed by atoms with Crippen molar-refractivity contribution in [1.29, 1.82) is 0 Å². The van der Waals surface area contributed by atoms with Crippen molar-refractivity contribution in [1.82, 2.24) is 4.90 Å². The van der Waals surface area contributed by atoms with Crippen LogP contribution in [0.2, 0.25) is 5.02 Å². The van der Waals surface area contributed by atoms with Crippen LogP contribution in [0.1, 0.15) is 19.4 Å². The molecule has 0 atom stereocenters. The highest BCUT2D eigenvalue weighted by atomic mass is 35.5. The number of rotatable bonds is 8. The SMILES string of the molecule is COCN1C(=O)C(=Cc2cc(Cl)c(OC(C)C)c(OC)c2)SC1=Nc1ccc(OC)cc1. The number of amides is 1. The second kappa shape index (κ2) is 10.8. The van der Waals surface area contributed by atoms with Gasteiger partial charge in [-0.15, -0.1) is 0 Å². The highest BCUT2D eigenvalue weighted by Crippen LogP contribution is 2.40. The van der Waals surface area contributed by atoms with Crippen molar-refractivity contribution in [2.75, 3.05) is 28.1 Å². The fourth-order valence-electron chi connectivity index (χ4n) is 2.93. The first-order chi connectivity index (χ1) is 15.4. The van der Waals surface area contributed by atoms with Crippen LogP contribution in [0.25, 0.3) is 6.08 Å². The van der Waals surface area contributed by atoms with Gasteiger partial charge in [-0.3, -0.25) is 9.69 Å². The number of nitrogens with zero attached hydrogens (tertiary/aromatic N) is 2. The monoisotopic (exact) mass is 476 g/mol. The van der Waals surface area contributed by atoms with E-state index in [4.69, 9.17) is 30.5 Å². The zero-order chi connectivity index (χ0) is 23.3. The Morgan fingerprint density at radius 1 is 1.12 bits per heavy atom. The van der Waals surface area contributed by atoms with Gasteiger partial charge in [-0.25, -0.2) is 4.99 Å². The van der Waals surface area contributed by atoms with Crippen molar-refractivity contribution < 1.29 is 23.7 Å². The molecule has 0 aliphatic carbocycles. The highest BCUT2D eigenvalue weighted by molar-refractivity contribution is 8.18. The van der Waals surface area contributed by atoms with Gasteiger partial charge < -0.3 is 18.9 Å². The van der Waals surface area contributed by atoms with Crippen LogP contribution in [0.15, 0.2) is 46.3 Å². The summed E-state index contributed by atoms with van der Waals surface area (Å²) in [5.41, 5.74) is 1.41. The summed E-state index contributed by atoms with van der Waals surface area (Å²) in [7, 11) is 4.68. The van der Waals surface area contributed by atoms with Crippen LogP contribution in [-0.4, -0.2) is 50.1 Å². The Hall–Kier alpha value is -2.68. The number of hydrogen-bond acceptors (Lipinski definition) is 7. The van der Waals surface area contributed by atoms with Crippen molar-refractivity contribution >= 4 is 46.2 Å². The first-order valence-corrected chi connectivity index (χ1v) is 11.0. The quantitative estimate of drug-likeness (QED) is 0.478. The van der Waals surface area contributed by atoms with Crippen LogP contribution in [0.4, 0.5) is 5.69 Å². The first kappa shape index (κ1) is 24.0. The van der Waals surface area contributed by atoms with Gasteiger partial charge in [0, 0.05) is 7.11 Å². The fraction of sp³-hybridized carbons (Fsp3) is 0.304. The molecule has 1 fully saturated rings. The number of halogens is 1. The van der Waals surface area contributed by atoms with E-state index in [1.807, 2.05) is 38.1 Å². The van der Waals surface area contributed by atoms with Crippen LogP contribution in [-0.2, 0) is 9.53 Å². The molecule has 0 aromatic heterocycles. The lowest BCUT2D eigenvalue weighted by Crippen LogP contribution is -2.30. The van der Waals surface area contributed by atoms with E-state index < -0.39 is 0 Å². The molecule has 32 heavy (non-hydrogen) atoms. The van der Waals surface area contributed by atoms with Crippen molar-refractivity contribution in [2.45, 2.75) is 20.0 Å². The summed E-state index contributed by atoms with van der Waals surface area (Å²) in [5, 5.41) is 0.923. The molecule has 170 valence electrons. The maximum Gasteiger partial charge on any atom is 0.268 e. The van der Waals surface area contributed by atoms with E-state index in [1.165, 1.54) is 23.8 Å². The number of carbonyl (C=O) groups is 1. The van der Waals surface area contributed by atoms with Gasteiger partial charge in [-0.1, -0.05) is 11.6 Å². The minimum absolute atomic E-state index is 0.0584. The zero-order valence-electron chi connectivity index (χ0n) is 18.5. The Bertz CT molecular complexity index is 1040. The van der Waals surface area contributed by atoms with Crippen LogP contribution in [0.5, 0.6) is 17.2 Å². The molecular formula is C23H25ClN2O5S. The normalized spacial score (nSPS) is 16.3. The molecule has 7 nitrogen and oxygen atoms in total. The van der Waals surface area contributed by atoms with Crippen molar-refractivity contribution in [3.8, 4) is 17.2 Å². The number of amidine groups is 1. The number of benzene rings is 2. The number of carbonyl (C=O) groups excluding carboxylic acids is 1. The summed E-state index contributed by atoms with van der Waals surface area (Å²) < 4.78 is 21.6. The van der Waals surface area contributed by atoms with Crippen LogP contribution >= 0.6 is 23.4 Å². The number of aliphatic imine (C=N–C) groups is 1. The van der Waals surface area contributed by atoms with Gasteiger partial charge in [0.05, 0.1) is 35.9 Å². The average Bonchev–Trinajstić information content (AvgIpc) is 3.04. The highest BCUT2D eigenvalue weighted by Gasteiger charge is 2.33. The van der Waals surface area contributed by atoms with E-state index in [0.717, 1.165) is 5.75 Å². The van der Waals surface area contributed by atoms with Gasteiger partial charge in [-0.05, 0) is 73.6 Å². The molecule has 1 aliphatic heterocycles. The molecule has 2 aromatic carbocycles. The molecule has 0 N–H and O–H groups in total. The Labute approximate surface area is 197 Å². The van der Waals surface area contributed by atoms with Crippen LogP contribution in [0, 0.1) is 0 Å². The second-order valence-corrected chi connectivity index (χ2v) is 8.47. The van der Waals surface area contributed by atoms with E-state index in [9.17, 15) is 4.79 Å². The Balaban J connectivity index is 1.94. The molecule has 9 heteroatoms. The number of ether oxygens (including phenoxy) is 4. The van der Waals surface area contributed by atoms with Gasteiger partial charge in [0.25, 0.3) is 5.91 Å². The maximum absolute atomic E-state index is 13.0.